The molecule has 1 aliphatic rings. The minimum Gasteiger partial charge on any atom is -0.449 e. The quantitative estimate of drug-likeness (QED) is 0.281. The van der Waals surface area contributed by atoms with Crippen molar-refractivity contribution in [3.63, 3.8) is 0 Å². The number of nitrogens with one attached hydrogen (secondary N) is 2. The molecule has 2 aromatic carbocycles. The Labute approximate surface area is 174 Å². The normalized spacial score (nSPS) is 16.6. The summed E-state index contributed by atoms with van der Waals surface area (Å²) in [6, 6.07) is 16.4. The molecule has 0 aliphatic carbocycles. The number of carbonyl (C=O) groups is 1. The first-order chi connectivity index (χ1) is 14.2. The van der Waals surface area contributed by atoms with Gasteiger partial charge < -0.3 is 20.1 Å². The Kier molecular flexibility index (Phi) is 6.22. The first-order valence-corrected chi connectivity index (χ1v) is 10.9. The summed E-state index contributed by atoms with van der Waals surface area (Å²) >= 11 is 1.90. The molecule has 3 aromatic rings. The fourth-order valence-corrected chi connectivity index (χ4v) is 4.77. The SMILES string of the molecule is O=C(O)Oc1ccc2[nH]cc(CSCCC3CC(c4ccccc4)=CCN3)c2c1. The number of aromatic amines is 1. The van der Waals surface area contributed by atoms with Gasteiger partial charge in [-0.05, 0) is 53.5 Å². The summed E-state index contributed by atoms with van der Waals surface area (Å²) in [5, 5.41) is 13.4. The molecule has 0 radical (unpaired) electrons. The van der Waals surface area contributed by atoms with E-state index in [1.807, 2.05) is 24.0 Å². The van der Waals surface area contributed by atoms with Crippen molar-refractivity contribution in [3.8, 4) is 5.75 Å². The standard InChI is InChI=1S/C23H24N2O3S/c26-23(27)28-20-6-7-22-21(13-20)18(14-25-22)15-29-11-9-19-12-17(8-10-24-19)16-4-2-1-3-5-16/h1-8,13-14,19,24-25H,9-12,15H2,(H,26,27). The van der Waals surface area contributed by atoms with Gasteiger partial charge >= 0.3 is 6.16 Å². The predicted molar refractivity (Wildman–Crippen MR) is 119 cm³/mol. The van der Waals surface area contributed by atoms with E-state index in [1.54, 1.807) is 12.1 Å². The highest BCUT2D eigenvalue weighted by Gasteiger charge is 2.16. The van der Waals surface area contributed by atoms with Crippen LogP contribution >= 0.6 is 11.8 Å². The topological polar surface area (TPSA) is 74.3 Å². The molecule has 3 N–H and O–H groups in total. The summed E-state index contributed by atoms with van der Waals surface area (Å²) in [6.07, 6.45) is 5.18. The second-order valence-corrected chi connectivity index (χ2v) is 8.24. The van der Waals surface area contributed by atoms with Gasteiger partial charge in [-0.25, -0.2) is 4.79 Å². The lowest BCUT2D eigenvalue weighted by atomic mass is 9.94. The van der Waals surface area contributed by atoms with Crippen LogP contribution in [-0.4, -0.2) is 34.6 Å². The molecular weight excluding hydrogens is 384 g/mol. The van der Waals surface area contributed by atoms with Crippen LogP contribution in [0.3, 0.4) is 0 Å². The number of thioether (sulfide) groups is 1. The van der Waals surface area contributed by atoms with Crippen LogP contribution in [0.5, 0.6) is 5.75 Å². The fourth-order valence-electron chi connectivity index (χ4n) is 3.71. The number of fused-ring (bicyclic) bond motifs is 1. The summed E-state index contributed by atoms with van der Waals surface area (Å²) in [6.45, 7) is 0.925. The van der Waals surface area contributed by atoms with Crippen molar-refractivity contribution < 1.29 is 14.6 Å². The van der Waals surface area contributed by atoms with E-state index in [1.165, 1.54) is 16.7 Å². The number of benzene rings is 2. The van der Waals surface area contributed by atoms with Crippen molar-refractivity contribution in [2.24, 2.45) is 0 Å². The van der Waals surface area contributed by atoms with Gasteiger partial charge in [0.15, 0.2) is 0 Å². The number of hydrogen-bond acceptors (Lipinski definition) is 4. The Bertz CT molecular complexity index is 1010. The van der Waals surface area contributed by atoms with Crippen LogP contribution in [0.15, 0.2) is 60.8 Å². The molecular formula is C23H24N2O3S. The van der Waals surface area contributed by atoms with Crippen LogP contribution in [-0.2, 0) is 5.75 Å². The van der Waals surface area contributed by atoms with Crippen molar-refractivity contribution in [2.75, 3.05) is 12.3 Å². The van der Waals surface area contributed by atoms with E-state index in [-0.39, 0.29) is 0 Å². The van der Waals surface area contributed by atoms with Gasteiger partial charge in [0, 0.05) is 35.4 Å². The van der Waals surface area contributed by atoms with Gasteiger partial charge in [-0.2, -0.15) is 11.8 Å². The second kappa shape index (κ2) is 9.20. The Morgan fingerprint density at radius 1 is 1.21 bits per heavy atom. The zero-order valence-electron chi connectivity index (χ0n) is 16.1. The van der Waals surface area contributed by atoms with Gasteiger partial charge in [-0.15, -0.1) is 0 Å². The third kappa shape index (κ3) is 5.02. The minimum atomic E-state index is -1.29. The van der Waals surface area contributed by atoms with E-state index in [9.17, 15) is 4.79 Å². The number of hydrogen-bond donors (Lipinski definition) is 3. The fraction of sp³-hybridized carbons (Fsp3) is 0.261. The monoisotopic (exact) mass is 408 g/mol. The molecule has 0 saturated heterocycles. The smallest absolute Gasteiger partial charge is 0.449 e. The highest BCUT2D eigenvalue weighted by atomic mass is 32.2. The van der Waals surface area contributed by atoms with E-state index >= 15 is 0 Å². The van der Waals surface area contributed by atoms with E-state index < -0.39 is 6.16 Å². The maximum atomic E-state index is 10.8. The summed E-state index contributed by atoms with van der Waals surface area (Å²) in [7, 11) is 0. The number of rotatable bonds is 7. The lowest BCUT2D eigenvalue weighted by Crippen LogP contribution is -2.33. The Morgan fingerprint density at radius 2 is 2.07 bits per heavy atom. The molecule has 0 bridgehead atoms. The van der Waals surface area contributed by atoms with Crippen molar-refractivity contribution in [1.29, 1.82) is 0 Å². The molecule has 5 nitrogen and oxygen atoms in total. The van der Waals surface area contributed by atoms with E-state index in [0.29, 0.717) is 11.8 Å². The molecule has 1 atom stereocenters. The first-order valence-electron chi connectivity index (χ1n) is 9.75. The van der Waals surface area contributed by atoms with Gasteiger partial charge in [0.05, 0.1) is 0 Å². The van der Waals surface area contributed by atoms with Crippen LogP contribution < -0.4 is 10.1 Å². The second-order valence-electron chi connectivity index (χ2n) is 7.14. The molecule has 1 unspecified atom stereocenters. The van der Waals surface area contributed by atoms with Crippen LogP contribution in [0.25, 0.3) is 16.5 Å². The first kappa shape index (κ1) is 19.6. The Balaban J connectivity index is 1.29. The highest BCUT2D eigenvalue weighted by Crippen LogP contribution is 2.28. The van der Waals surface area contributed by atoms with E-state index in [4.69, 9.17) is 9.84 Å². The molecule has 1 aromatic heterocycles. The van der Waals surface area contributed by atoms with Crippen molar-refractivity contribution in [1.82, 2.24) is 10.3 Å². The van der Waals surface area contributed by atoms with Crippen molar-refractivity contribution >= 4 is 34.4 Å². The Morgan fingerprint density at radius 3 is 2.90 bits per heavy atom. The molecule has 0 amide bonds. The van der Waals surface area contributed by atoms with Gasteiger partial charge in [-0.1, -0.05) is 36.4 Å². The highest BCUT2D eigenvalue weighted by molar-refractivity contribution is 7.98. The van der Waals surface area contributed by atoms with Crippen LogP contribution in [0.2, 0.25) is 0 Å². The van der Waals surface area contributed by atoms with Gasteiger partial charge in [-0.3, -0.25) is 0 Å². The number of ether oxygens (including phenoxy) is 1. The summed E-state index contributed by atoms with van der Waals surface area (Å²) < 4.78 is 4.78. The van der Waals surface area contributed by atoms with Crippen LogP contribution in [0.1, 0.15) is 24.0 Å². The third-order valence-electron chi connectivity index (χ3n) is 5.18. The van der Waals surface area contributed by atoms with E-state index in [0.717, 1.165) is 41.8 Å². The molecule has 2 heterocycles. The summed E-state index contributed by atoms with van der Waals surface area (Å²) in [5.41, 5.74) is 4.92. The Hall–Kier alpha value is -2.70. The summed E-state index contributed by atoms with van der Waals surface area (Å²) in [5.74, 6) is 2.30. The maximum Gasteiger partial charge on any atom is 0.511 e. The lowest BCUT2D eigenvalue weighted by Gasteiger charge is -2.24. The maximum absolute atomic E-state index is 10.8. The molecule has 4 rings (SSSR count). The third-order valence-corrected chi connectivity index (χ3v) is 6.22. The van der Waals surface area contributed by atoms with Crippen molar-refractivity contribution in [2.45, 2.75) is 24.6 Å². The molecule has 1 aliphatic heterocycles. The van der Waals surface area contributed by atoms with Crippen LogP contribution in [0, 0.1) is 0 Å². The molecule has 29 heavy (non-hydrogen) atoms. The number of H-pyrrole nitrogens is 1. The average molecular weight is 409 g/mol. The molecule has 0 fully saturated rings. The minimum absolute atomic E-state index is 0.350. The average Bonchev–Trinajstić information content (AvgIpc) is 3.14. The van der Waals surface area contributed by atoms with Gasteiger partial charge in [0.1, 0.15) is 5.75 Å². The molecule has 6 heteroatoms. The van der Waals surface area contributed by atoms with E-state index in [2.05, 4.69) is 46.7 Å². The largest absolute Gasteiger partial charge is 0.511 e. The molecule has 0 saturated carbocycles. The van der Waals surface area contributed by atoms with Gasteiger partial charge in [0.25, 0.3) is 0 Å². The zero-order chi connectivity index (χ0) is 20.1. The van der Waals surface area contributed by atoms with Gasteiger partial charge in [0.2, 0.25) is 0 Å². The number of aromatic nitrogens is 1. The molecule has 0 spiro atoms. The van der Waals surface area contributed by atoms with Crippen LogP contribution in [0.4, 0.5) is 4.79 Å². The summed E-state index contributed by atoms with van der Waals surface area (Å²) in [4.78, 5) is 14.0. The lowest BCUT2D eigenvalue weighted by molar-refractivity contribution is 0.144. The number of carboxylic acid groups (broad SMARTS) is 1. The predicted octanol–water partition coefficient (Wildman–Crippen LogP) is 5.29. The van der Waals surface area contributed by atoms with Crippen molar-refractivity contribution in [3.05, 3.63) is 71.9 Å². The molecule has 150 valence electrons. The zero-order valence-corrected chi connectivity index (χ0v) is 16.9.